The van der Waals surface area contributed by atoms with Crippen molar-refractivity contribution in [1.29, 1.82) is 0 Å². The molecule has 1 aromatic carbocycles. The van der Waals surface area contributed by atoms with Crippen LogP contribution in [-0.2, 0) is 6.54 Å². The Labute approximate surface area is 164 Å². The summed E-state index contributed by atoms with van der Waals surface area (Å²) >= 11 is 0. The standard InChI is InChI=1S/C22H24N4O2/c1-17-4-2-5-18(14-17)25-9-11-26(12-10-25)19-7-8-21(23-15-19)22(27)24-16-20-6-3-13-28-20/h2-8,13-15H,9-12,16H2,1H3,(H,24,27). The summed E-state index contributed by atoms with van der Waals surface area (Å²) in [6.45, 7) is 6.27. The maximum absolute atomic E-state index is 12.2. The lowest BCUT2D eigenvalue weighted by Gasteiger charge is -2.37. The molecule has 0 saturated carbocycles. The van der Waals surface area contributed by atoms with E-state index in [0.29, 0.717) is 12.2 Å². The van der Waals surface area contributed by atoms with Crippen LogP contribution in [-0.4, -0.2) is 37.1 Å². The van der Waals surface area contributed by atoms with Gasteiger partial charge < -0.3 is 19.5 Å². The molecule has 28 heavy (non-hydrogen) atoms. The fourth-order valence-electron chi connectivity index (χ4n) is 3.43. The highest BCUT2D eigenvalue weighted by Crippen LogP contribution is 2.21. The summed E-state index contributed by atoms with van der Waals surface area (Å²) in [7, 11) is 0. The number of nitrogens with one attached hydrogen (secondary N) is 1. The number of furan rings is 1. The highest BCUT2D eigenvalue weighted by molar-refractivity contribution is 5.92. The van der Waals surface area contributed by atoms with Crippen molar-refractivity contribution >= 4 is 17.3 Å². The molecule has 144 valence electrons. The number of carbonyl (C=O) groups is 1. The lowest BCUT2D eigenvalue weighted by molar-refractivity contribution is 0.0943. The van der Waals surface area contributed by atoms with Crippen LogP contribution in [0, 0.1) is 6.92 Å². The molecule has 6 heteroatoms. The quantitative estimate of drug-likeness (QED) is 0.741. The molecule has 0 radical (unpaired) electrons. The van der Waals surface area contributed by atoms with Crippen LogP contribution in [0.2, 0.25) is 0 Å². The average Bonchev–Trinajstić information content (AvgIpc) is 3.26. The molecule has 0 bridgehead atoms. The number of carbonyl (C=O) groups excluding carboxylic acids is 1. The van der Waals surface area contributed by atoms with Crippen LogP contribution in [0.1, 0.15) is 21.8 Å². The molecule has 3 heterocycles. The van der Waals surface area contributed by atoms with Gasteiger partial charge >= 0.3 is 0 Å². The third kappa shape index (κ3) is 4.17. The molecule has 0 aliphatic carbocycles. The number of anilines is 2. The highest BCUT2D eigenvalue weighted by Gasteiger charge is 2.18. The Morgan fingerprint density at radius 1 is 1.04 bits per heavy atom. The predicted octanol–water partition coefficient (Wildman–Crippen LogP) is 3.24. The van der Waals surface area contributed by atoms with Gasteiger partial charge in [-0.2, -0.15) is 0 Å². The van der Waals surface area contributed by atoms with Crippen LogP contribution >= 0.6 is 0 Å². The van der Waals surface area contributed by atoms with E-state index in [1.807, 2.05) is 12.1 Å². The number of hydrogen-bond donors (Lipinski definition) is 1. The normalized spacial score (nSPS) is 14.2. The van der Waals surface area contributed by atoms with E-state index in [1.165, 1.54) is 11.3 Å². The van der Waals surface area contributed by atoms with Gasteiger partial charge in [0.15, 0.2) is 0 Å². The molecule has 1 N–H and O–H groups in total. The first kappa shape index (κ1) is 18.1. The minimum atomic E-state index is -0.202. The zero-order chi connectivity index (χ0) is 19.3. The third-order valence-electron chi connectivity index (χ3n) is 5.00. The first-order valence-electron chi connectivity index (χ1n) is 9.52. The third-order valence-corrected chi connectivity index (χ3v) is 5.00. The number of hydrogen-bond acceptors (Lipinski definition) is 5. The molecule has 0 spiro atoms. The van der Waals surface area contributed by atoms with Gasteiger partial charge in [0.1, 0.15) is 11.5 Å². The summed E-state index contributed by atoms with van der Waals surface area (Å²) < 4.78 is 5.22. The Morgan fingerprint density at radius 2 is 1.82 bits per heavy atom. The molecular formula is C22H24N4O2. The van der Waals surface area contributed by atoms with E-state index in [9.17, 15) is 4.79 Å². The zero-order valence-corrected chi connectivity index (χ0v) is 16.0. The minimum absolute atomic E-state index is 0.202. The zero-order valence-electron chi connectivity index (χ0n) is 16.0. The van der Waals surface area contributed by atoms with Crippen molar-refractivity contribution in [2.45, 2.75) is 13.5 Å². The molecule has 4 rings (SSSR count). The summed E-state index contributed by atoms with van der Waals surface area (Å²) in [6.07, 6.45) is 3.37. The fourth-order valence-corrected chi connectivity index (χ4v) is 3.43. The van der Waals surface area contributed by atoms with Crippen molar-refractivity contribution in [3.05, 3.63) is 78.0 Å². The van der Waals surface area contributed by atoms with E-state index in [4.69, 9.17) is 4.42 Å². The lowest BCUT2D eigenvalue weighted by Crippen LogP contribution is -2.46. The number of benzene rings is 1. The van der Waals surface area contributed by atoms with Crippen LogP contribution in [0.5, 0.6) is 0 Å². The van der Waals surface area contributed by atoms with Gasteiger partial charge in [-0.1, -0.05) is 12.1 Å². The number of rotatable bonds is 5. The monoisotopic (exact) mass is 376 g/mol. The minimum Gasteiger partial charge on any atom is -0.467 e. The van der Waals surface area contributed by atoms with Gasteiger partial charge in [-0.3, -0.25) is 4.79 Å². The number of piperazine rings is 1. The summed E-state index contributed by atoms with van der Waals surface area (Å²) in [5.41, 5.74) is 4.02. The van der Waals surface area contributed by atoms with Crippen LogP contribution in [0.4, 0.5) is 11.4 Å². The first-order chi connectivity index (χ1) is 13.7. The second-order valence-corrected chi connectivity index (χ2v) is 6.98. The lowest BCUT2D eigenvalue weighted by atomic mass is 10.2. The van der Waals surface area contributed by atoms with E-state index in [-0.39, 0.29) is 5.91 Å². The van der Waals surface area contributed by atoms with Crippen LogP contribution in [0.25, 0.3) is 0 Å². The Bertz CT molecular complexity index is 914. The van der Waals surface area contributed by atoms with Crippen LogP contribution < -0.4 is 15.1 Å². The molecule has 0 unspecified atom stereocenters. The number of aryl methyl sites for hydroxylation is 1. The Kier molecular flexibility index (Phi) is 5.28. The number of nitrogens with zero attached hydrogens (tertiary/aromatic N) is 3. The Hall–Kier alpha value is -3.28. The van der Waals surface area contributed by atoms with Crippen molar-refractivity contribution in [1.82, 2.24) is 10.3 Å². The molecule has 1 aliphatic rings. The molecule has 1 saturated heterocycles. The average molecular weight is 376 g/mol. The molecular weight excluding hydrogens is 352 g/mol. The SMILES string of the molecule is Cc1cccc(N2CCN(c3ccc(C(=O)NCc4ccco4)nc3)CC2)c1. The van der Waals surface area contributed by atoms with Gasteiger partial charge in [-0.05, 0) is 48.9 Å². The number of amides is 1. The van der Waals surface area contributed by atoms with Crippen molar-refractivity contribution in [3.63, 3.8) is 0 Å². The smallest absolute Gasteiger partial charge is 0.270 e. The highest BCUT2D eigenvalue weighted by atomic mass is 16.3. The van der Waals surface area contributed by atoms with Crippen molar-refractivity contribution < 1.29 is 9.21 Å². The van der Waals surface area contributed by atoms with Crippen molar-refractivity contribution in [3.8, 4) is 0 Å². The van der Waals surface area contributed by atoms with Gasteiger partial charge in [-0.25, -0.2) is 4.98 Å². The molecule has 2 aromatic heterocycles. The van der Waals surface area contributed by atoms with E-state index in [1.54, 1.807) is 24.6 Å². The topological polar surface area (TPSA) is 61.6 Å². The maximum atomic E-state index is 12.2. The molecule has 1 amide bonds. The Morgan fingerprint density at radius 3 is 2.46 bits per heavy atom. The van der Waals surface area contributed by atoms with Gasteiger partial charge in [-0.15, -0.1) is 0 Å². The second-order valence-electron chi connectivity index (χ2n) is 6.98. The summed E-state index contributed by atoms with van der Waals surface area (Å²) in [6, 6.07) is 16.0. The summed E-state index contributed by atoms with van der Waals surface area (Å²) in [4.78, 5) is 21.3. The first-order valence-corrected chi connectivity index (χ1v) is 9.52. The van der Waals surface area contributed by atoms with E-state index in [0.717, 1.165) is 37.6 Å². The van der Waals surface area contributed by atoms with Gasteiger partial charge in [0.2, 0.25) is 0 Å². The Balaban J connectivity index is 1.32. The van der Waals surface area contributed by atoms with E-state index < -0.39 is 0 Å². The van der Waals surface area contributed by atoms with Gasteiger partial charge in [0, 0.05) is 31.9 Å². The largest absolute Gasteiger partial charge is 0.467 e. The maximum Gasteiger partial charge on any atom is 0.270 e. The van der Waals surface area contributed by atoms with Crippen molar-refractivity contribution in [2.24, 2.45) is 0 Å². The second kappa shape index (κ2) is 8.17. The van der Waals surface area contributed by atoms with E-state index >= 15 is 0 Å². The van der Waals surface area contributed by atoms with Crippen LogP contribution in [0.3, 0.4) is 0 Å². The van der Waals surface area contributed by atoms with Gasteiger partial charge in [0.25, 0.3) is 5.91 Å². The van der Waals surface area contributed by atoms with Crippen LogP contribution in [0.15, 0.2) is 65.4 Å². The van der Waals surface area contributed by atoms with E-state index in [2.05, 4.69) is 51.3 Å². The molecule has 3 aromatic rings. The van der Waals surface area contributed by atoms with Gasteiger partial charge in [0.05, 0.1) is 24.7 Å². The summed E-state index contributed by atoms with van der Waals surface area (Å²) in [5, 5.41) is 2.81. The number of aromatic nitrogens is 1. The number of pyridine rings is 1. The fraction of sp³-hybridized carbons (Fsp3) is 0.273. The predicted molar refractivity (Wildman–Crippen MR) is 110 cm³/mol. The molecule has 0 atom stereocenters. The van der Waals surface area contributed by atoms with Crippen molar-refractivity contribution in [2.75, 3.05) is 36.0 Å². The molecule has 6 nitrogen and oxygen atoms in total. The summed E-state index contributed by atoms with van der Waals surface area (Å²) in [5.74, 6) is 0.517. The molecule has 1 fully saturated rings. The molecule has 1 aliphatic heterocycles.